The Balaban J connectivity index is 1.80. The Hall–Kier alpha value is -2.82. The van der Waals surface area contributed by atoms with E-state index in [1.54, 1.807) is 18.2 Å². The first-order valence-corrected chi connectivity index (χ1v) is 7.45. The second kappa shape index (κ2) is 7.98. The minimum absolute atomic E-state index is 0.0546. The molecule has 0 spiro atoms. The molecular formula is C18H20N2O3. The molecule has 5 nitrogen and oxygen atoms in total. The van der Waals surface area contributed by atoms with Crippen molar-refractivity contribution in [2.24, 2.45) is 5.73 Å². The van der Waals surface area contributed by atoms with Crippen molar-refractivity contribution in [3.63, 3.8) is 0 Å². The van der Waals surface area contributed by atoms with E-state index < -0.39 is 5.91 Å². The van der Waals surface area contributed by atoms with E-state index in [4.69, 9.17) is 10.5 Å². The van der Waals surface area contributed by atoms with Gasteiger partial charge in [0.25, 0.3) is 5.91 Å². The SMILES string of the molecule is CCc1ccc(OCC(=O)NCc2cccc(C(N)=O)c2)cc1. The Labute approximate surface area is 135 Å². The predicted octanol–water partition coefficient (Wildman–Crippen LogP) is 2.04. The van der Waals surface area contributed by atoms with Gasteiger partial charge in [0.2, 0.25) is 5.91 Å². The van der Waals surface area contributed by atoms with E-state index in [2.05, 4.69) is 12.2 Å². The molecule has 2 rings (SSSR count). The van der Waals surface area contributed by atoms with Crippen LogP contribution in [0.25, 0.3) is 0 Å². The molecule has 0 aliphatic rings. The van der Waals surface area contributed by atoms with Gasteiger partial charge in [0, 0.05) is 12.1 Å². The zero-order chi connectivity index (χ0) is 16.7. The average molecular weight is 312 g/mol. The summed E-state index contributed by atoms with van der Waals surface area (Å²) in [4.78, 5) is 22.9. The minimum Gasteiger partial charge on any atom is -0.484 e. The normalized spacial score (nSPS) is 10.1. The van der Waals surface area contributed by atoms with E-state index in [0.717, 1.165) is 12.0 Å². The molecule has 5 heteroatoms. The summed E-state index contributed by atoms with van der Waals surface area (Å²) in [6.45, 7) is 2.34. The molecule has 2 amide bonds. The fourth-order valence-corrected chi connectivity index (χ4v) is 2.06. The highest BCUT2D eigenvalue weighted by atomic mass is 16.5. The third-order valence-electron chi connectivity index (χ3n) is 3.40. The molecule has 0 aromatic heterocycles. The van der Waals surface area contributed by atoms with Gasteiger partial charge >= 0.3 is 0 Å². The lowest BCUT2D eigenvalue weighted by Gasteiger charge is -2.08. The number of carbonyl (C=O) groups is 2. The van der Waals surface area contributed by atoms with Gasteiger partial charge in [0.05, 0.1) is 0 Å². The lowest BCUT2D eigenvalue weighted by Crippen LogP contribution is -2.28. The molecule has 23 heavy (non-hydrogen) atoms. The van der Waals surface area contributed by atoms with Crippen LogP contribution in [-0.2, 0) is 17.8 Å². The topological polar surface area (TPSA) is 81.4 Å². The Morgan fingerprint density at radius 3 is 2.48 bits per heavy atom. The zero-order valence-corrected chi connectivity index (χ0v) is 13.0. The van der Waals surface area contributed by atoms with Gasteiger partial charge < -0.3 is 15.8 Å². The summed E-state index contributed by atoms with van der Waals surface area (Å²) in [7, 11) is 0. The van der Waals surface area contributed by atoms with E-state index in [1.165, 1.54) is 5.56 Å². The Kier molecular flexibility index (Phi) is 5.74. The highest BCUT2D eigenvalue weighted by molar-refractivity contribution is 5.92. The monoisotopic (exact) mass is 312 g/mol. The summed E-state index contributed by atoms with van der Waals surface area (Å²) in [6, 6.07) is 14.5. The first kappa shape index (κ1) is 16.5. The first-order chi connectivity index (χ1) is 11.1. The number of rotatable bonds is 7. The maximum absolute atomic E-state index is 11.8. The molecule has 0 aliphatic heterocycles. The lowest BCUT2D eigenvalue weighted by molar-refractivity contribution is -0.123. The van der Waals surface area contributed by atoms with E-state index in [1.807, 2.05) is 30.3 Å². The van der Waals surface area contributed by atoms with Crippen LogP contribution < -0.4 is 15.8 Å². The third kappa shape index (κ3) is 5.14. The molecule has 3 N–H and O–H groups in total. The molecule has 0 bridgehead atoms. The smallest absolute Gasteiger partial charge is 0.258 e. The molecular weight excluding hydrogens is 292 g/mol. The Morgan fingerprint density at radius 1 is 1.09 bits per heavy atom. The van der Waals surface area contributed by atoms with Crippen molar-refractivity contribution in [3.8, 4) is 5.75 Å². The standard InChI is InChI=1S/C18H20N2O3/c1-2-13-6-8-16(9-7-13)23-12-17(21)20-11-14-4-3-5-15(10-14)18(19)22/h3-10H,2,11-12H2,1H3,(H2,19,22)(H,20,21). The molecule has 0 atom stereocenters. The quantitative estimate of drug-likeness (QED) is 0.821. The summed E-state index contributed by atoms with van der Waals surface area (Å²) < 4.78 is 5.43. The number of carbonyl (C=O) groups excluding carboxylic acids is 2. The fraction of sp³-hybridized carbons (Fsp3) is 0.222. The van der Waals surface area contributed by atoms with Crippen LogP contribution in [0.3, 0.4) is 0 Å². The van der Waals surface area contributed by atoms with E-state index in [9.17, 15) is 9.59 Å². The number of nitrogens with two attached hydrogens (primary N) is 1. The van der Waals surface area contributed by atoms with Gasteiger partial charge in [0.15, 0.2) is 6.61 Å². The number of aryl methyl sites for hydroxylation is 1. The first-order valence-electron chi connectivity index (χ1n) is 7.45. The van der Waals surface area contributed by atoms with Gasteiger partial charge in [-0.3, -0.25) is 9.59 Å². The molecule has 0 heterocycles. The molecule has 120 valence electrons. The fourth-order valence-electron chi connectivity index (χ4n) is 2.06. The molecule has 0 saturated heterocycles. The van der Waals surface area contributed by atoms with E-state index in [0.29, 0.717) is 17.9 Å². The summed E-state index contributed by atoms with van der Waals surface area (Å²) in [5.41, 5.74) is 7.67. The maximum Gasteiger partial charge on any atom is 0.258 e. The van der Waals surface area contributed by atoms with Crippen LogP contribution in [0, 0.1) is 0 Å². The van der Waals surface area contributed by atoms with Crippen LogP contribution >= 0.6 is 0 Å². The van der Waals surface area contributed by atoms with Crippen molar-refractivity contribution >= 4 is 11.8 Å². The van der Waals surface area contributed by atoms with Crippen molar-refractivity contribution in [3.05, 3.63) is 65.2 Å². The van der Waals surface area contributed by atoms with Gasteiger partial charge in [-0.05, 0) is 41.8 Å². The molecule has 0 fully saturated rings. The van der Waals surface area contributed by atoms with Gasteiger partial charge in [-0.2, -0.15) is 0 Å². The summed E-state index contributed by atoms with van der Waals surface area (Å²) in [5.74, 6) is -0.0563. The van der Waals surface area contributed by atoms with Crippen LogP contribution in [-0.4, -0.2) is 18.4 Å². The highest BCUT2D eigenvalue weighted by Gasteiger charge is 2.05. The van der Waals surface area contributed by atoms with Gasteiger partial charge in [-0.15, -0.1) is 0 Å². The molecule has 2 aromatic rings. The van der Waals surface area contributed by atoms with Crippen LogP contribution in [0.5, 0.6) is 5.75 Å². The summed E-state index contributed by atoms with van der Waals surface area (Å²) in [6.07, 6.45) is 0.963. The summed E-state index contributed by atoms with van der Waals surface area (Å²) >= 11 is 0. The number of primary amides is 1. The Bertz CT molecular complexity index is 681. The molecule has 0 aliphatic carbocycles. The number of nitrogens with one attached hydrogen (secondary N) is 1. The van der Waals surface area contributed by atoms with Gasteiger partial charge in [0.1, 0.15) is 5.75 Å². The average Bonchev–Trinajstić information content (AvgIpc) is 2.58. The van der Waals surface area contributed by atoms with Crippen LogP contribution in [0.2, 0.25) is 0 Å². The maximum atomic E-state index is 11.8. The van der Waals surface area contributed by atoms with Crippen LogP contribution in [0.4, 0.5) is 0 Å². The second-order valence-corrected chi connectivity index (χ2v) is 5.13. The predicted molar refractivity (Wildman–Crippen MR) is 88.1 cm³/mol. The van der Waals surface area contributed by atoms with Crippen LogP contribution in [0.1, 0.15) is 28.4 Å². The third-order valence-corrected chi connectivity index (χ3v) is 3.40. The second-order valence-electron chi connectivity index (χ2n) is 5.13. The minimum atomic E-state index is -0.489. The highest BCUT2D eigenvalue weighted by Crippen LogP contribution is 2.12. The lowest BCUT2D eigenvalue weighted by atomic mass is 10.1. The molecule has 2 aromatic carbocycles. The van der Waals surface area contributed by atoms with E-state index >= 15 is 0 Å². The van der Waals surface area contributed by atoms with Gasteiger partial charge in [-0.1, -0.05) is 31.2 Å². The van der Waals surface area contributed by atoms with Crippen molar-refractivity contribution in [2.45, 2.75) is 19.9 Å². The number of hydrogen-bond donors (Lipinski definition) is 2. The van der Waals surface area contributed by atoms with Crippen molar-refractivity contribution in [1.29, 1.82) is 0 Å². The number of hydrogen-bond acceptors (Lipinski definition) is 3. The summed E-state index contributed by atoms with van der Waals surface area (Å²) in [5, 5.41) is 2.74. The zero-order valence-electron chi connectivity index (χ0n) is 13.0. The van der Waals surface area contributed by atoms with Crippen molar-refractivity contribution in [2.75, 3.05) is 6.61 Å². The molecule has 0 unspecified atom stereocenters. The van der Waals surface area contributed by atoms with Crippen LogP contribution in [0.15, 0.2) is 48.5 Å². The molecule has 0 saturated carbocycles. The number of amides is 2. The largest absolute Gasteiger partial charge is 0.484 e. The van der Waals surface area contributed by atoms with Crippen molar-refractivity contribution in [1.82, 2.24) is 5.32 Å². The molecule has 0 radical (unpaired) electrons. The van der Waals surface area contributed by atoms with E-state index in [-0.39, 0.29) is 12.5 Å². The van der Waals surface area contributed by atoms with Gasteiger partial charge in [-0.25, -0.2) is 0 Å². The number of benzene rings is 2. The Morgan fingerprint density at radius 2 is 1.83 bits per heavy atom. The number of ether oxygens (including phenoxy) is 1. The van der Waals surface area contributed by atoms with Crippen molar-refractivity contribution < 1.29 is 14.3 Å².